The number of ether oxygens (including phenoxy) is 2. The van der Waals surface area contributed by atoms with Gasteiger partial charge in [-0.15, -0.1) is 11.3 Å². The number of benzene rings is 1. The zero-order valence-electron chi connectivity index (χ0n) is 14.9. The topological polar surface area (TPSA) is 67.9 Å². The van der Waals surface area contributed by atoms with Crippen LogP contribution >= 0.6 is 11.3 Å². The lowest BCUT2D eigenvalue weighted by atomic mass is 10.0. The molecule has 0 radical (unpaired) electrons. The molecule has 1 aliphatic heterocycles. The molecule has 1 aromatic carbocycles. The van der Waals surface area contributed by atoms with Crippen molar-refractivity contribution in [3.8, 4) is 11.5 Å². The van der Waals surface area contributed by atoms with Crippen LogP contribution < -0.4 is 14.8 Å². The second kappa shape index (κ2) is 8.23. The SMILES string of the molecule is COc1ccc(C2CCCN2C(=O)CNC(=O)c2cccs2)c(OC)c1. The average Bonchev–Trinajstić information content (AvgIpc) is 3.37. The maximum absolute atomic E-state index is 12.7. The van der Waals surface area contributed by atoms with E-state index in [4.69, 9.17) is 9.47 Å². The zero-order valence-corrected chi connectivity index (χ0v) is 15.7. The van der Waals surface area contributed by atoms with E-state index in [1.54, 1.807) is 20.3 Å². The fraction of sp³-hybridized carbons (Fsp3) is 0.368. The number of nitrogens with one attached hydrogen (secondary N) is 1. The van der Waals surface area contributed by atoms with E-state index in [1.165, 1.54) is 11.3 Å². The molecule has 6 nitrogen and oxygen atoms in total. The van der Waals surface area contributed by atoms with E-state index in [-0.39, 0.29) is 24.4 Å². The zero-order chi connectivity index (χ0) is 18.5. The molecule has 1 aliphatic rings. The van der Waals surface area contributed by atoms with Crippen LogP contribution in [0, 0.1) is 0 Å². The van der Waals surface area contributed by atoms with Crippen LogP contribution in [0.2, 0.25) is 0 Å². The summed E-state index contributed by atoms with van der Waals surface area (Å²) in [6, 6.07) is 9.14. The number of thiophene rings is 1. The van der Waals surface area contributed by atoms with E-state index in [0.29, 0.717) is 22.9 Å². The van der Waals surface area contributed by atoms with Gasteiger partial charge in [-0.05, 0) is 36.4 Å². The molecule has 138 valence electrons. The second-order valence-corrected chi connectivity index (χ2v) is 6.96. The van der Waals surface area contributed by atoms with Crippen LogP contribution in [0.1, 0.15) is 34.1 Å². The van der Waals surface area contributed by atoms with Gasteiger partial charge in [0.1, 0.15) is 11.5 Å². The van der Waals surface area contributed by atoms with Gasteiger partial charge in [-0.1, -0.05) is 6.07 Å². The summed E-state index contributed by atoms with van der Waals surface area (Å²) in [7, 11) is 3.22. The van der Waals surface area contributed by atoms with Crippen LogP contribution in [0.25, 0.3) is 0 Å². The van der Waals surface area contributed by atoms with Crippen molar-refractivity contribution in [1.82, 2.24) is 10.2 Å². The van der Waals surface area contributed by atoms with Crippen molar-refractivity contribution in [2.75, 3.05) is 27.3 Å². The molecule has 1 aromatic heterocycles. The molecule has 1 saturated heterocycles. The molecule has 2 heterocycles. The highest BCUT2D eigenvalue weighted by Crippen LogP contribution is 2.38. The molecule has 0 saturated carbocycles. The fourth-order valence-corrected chi connectivity index (χ4v) is 3.87. The van der Waals surface area contributed by atoms with Crippen LogP contribution in [0.4, 0.5) is 0 Å². The molecule has 1 unspecified atom stereocenters. The van der Waals surface area contributed by atoms with Crippen molar-refractivity contribution < 1.29 is 19.1 Å². The molecule has 2 aromatic rings. The summed E-state index contributed by atoms with van der Waals surface area (Å²) in [5, 5.41) is 4.55. The minimum absolute atomic E-state index is 0.00823. The number of amides is 2. The normalized spacial score (nSPS) is 16.4. The van der Waals surface area contributed by atoms with Gasteiger partial charge in [0.15, 0.2) is 0 Å². The third-order valence-corrected chi connectivity index (χ3v) is 5.39. The van der Waals surface area contributed by atoms with E-state index in [9.17, 15) is 9.59 Å². The Balaban J connectivity index is 1.69. The third kappa shape index (κ3) is 3.83. The first-order valence-electron chi connectivity index (χ1n) is 8.47. The molecule has 1 fully saturated rings. The summed E-state index contributed by atoms with van der Waals surface area (Å²) in [6.45, 7) is 0.666. The first-order valence-corrected chi connectivity index (χ1v) is 9.35. The highest BCUT2D eigenvalue weighted by Gasteiger charge is 2.32. The lowest BCUT2D eigenvalue weighted by Gasteiger charge is -2.26. The number of rotatable bonds is 6. The predicted octanol–water partition coefficient (Wildman–Crippen LogP) is 2.86. The van der Waals surface area contributed by atoms with Crippen molar-refractivity contribution in [3.63, 3.8) is 0 Å². The van der Waals surface area contributed by atoms with Crippen LogP contribution in [-0.2, 0) is 4.79 Å². The summed E-state index contributed by atoms with van der Waals surface area (Å²) in [6.07, 6.45) is 1.79. The molecular weight excluding hydrogens is 352 g/mol. The maximum atomic E-state index is 12.7. The smallest absolute Gasteiger partial charge is 0.261 e. The molecule has 3 rings (SSSR count). The molecule has 2 amide bonds. The van der Waals surface area contributed by atoms with Gasteiger partial charge in [-0.25, -0.2) is 0 Å². The number of carbonyl (C=O) groups excluding carboxylic acids is 2. The maximum Gasteiger partial charge on any atom is 0.261 e. The van der Waals surface area contributed by atoms with E-state index in [1.807, 2.05) is 34.5 Å². The van der Waals surface area contributed by atoms with E-state index >= 15 is 0 Å². The van der Waals surface area contributed by atoms with Crippen molar-refractivity contribution >= 4 is 23.2 Å². The lowest BCUT2D eigenvalue weighted by Crippen LogP contribution is -2.39. The summed E-state index contributed by atoms with van der Waals surface area (Å²) in [4.78, 5) is 27.1. The van der Waals surface area contributed by atoms with Gasteiger partial charge in [0.25, 0.3) is 5.91 Å². The van der Waals surface area contributed by atoms with Crippen LogP contribution in [0.3, 0.4) is 0 Å². The first-order chi connectivity index (χ1) is 12.6. The molecule has 7 heteroatoms. The van der Waals surface area contributed by atoms with Gasteiger partial charge in [0.05, 0.1) is 31.7 Å². The lowest BCUT2D eigenvalue weighted by molar-refractivity contribution is -0.131. The summed E-state index contributed by atoms with van der Waals surface area (Å²) < 4.78 is 10.7. The molecule has 0 spiro atoms. The van der Waals surface area contributed by atoms with Gasteiger partial charge in [0, 0.05) is 18.2 Å². The largest absolute Gasteiger partial charge is 0.497 e. The summed E-state index contributed by atoms with van der Waals surface area (Å²) in [5.74, 6) is 1.11. The quantitative estimate of drug-likeness (QED) is 0.844. The van der Waals surface area contributed by atoms with Crippen LogP contribution in [-0.4, -0.2) is 44.0 Å². The van der Waals surface area contributed by atoms with Crippen LogP contribution in [0.15, 0.2) is 35.7 Å². The second-order valence-electron chi connectivity index (χ2n) is 6.01. The summed E-state index contributed by atoms with van der Waals surface area (Å²) in [5.41, 5.74) is 0.962. The molecule has 26 heavy (non-hydrogen) atoms. The highest BCUT2D eigenvalue weighted by molar-refractivity contribution is 7.12. The molecule has 1 N–H and O–H groups in total. The Hall–Kier alpha value is -2.54. The number of methoxy groups -OCH3 is 2. The van der Waals surface area contributed by atoms with Crippen molar-refractivity contribution in [1.29, 1.82) is 0 Å². The standard InChI is InChI=1S/C19H22N2O4S/c1-24-13-7-8-14(16(11-13)25-2)15-5-3-9-21(15)18(22)12-20-19(23)17-6-4-10-26-17/h4,6-8,10-11,15H,3,5,9,12H2,1-2H3,(H,20,23). The Kier molecular flexibility index (Phi) is 5.78. The van der Waals surface area contributed by atoms with Gasteiger partial charge < -0.3 is 19.7 Å². The Labute approximate surface area is 156 Å². The third-order valence-electron chi connectivity index (χ3n) is 4.52. The van der Waals surface area contributed by atoms with Crippen molar-refractivity contribution in [2.45, 2.75) is 18.9 Å². The predicted molar refractivity (Wildman–Crippen MR) is 99.9 cm³/mol. The number of nitrogens with zero attached hydrogens (tertiary/aromatic N) is 1. The Morgan fingerprint density at radius 2 is 2.12 bits per heavy atom. The minimum Gasteiger partial charge on any atom is -0.497 e. The molecule has 0 aliphatic carbocycles. The van der Waals surface area contributed by atoms with E-state index < -0.39 is 0 Å². The summed E-state index contributed by atoms with van der Waals surface area (Å²) >= 11 is 1.36. The Morgan fingerprint density at radius 3 is 2.81 bits per heavy atom. The minimum atomic E-state index is -0.217. The molecule has 1 atom stereocenters. The molecule has 0 bridgehead atoms. The number of carbonyl (C=O) groups is 2. The van der Waals surface area contributed by atoms with Crippen molar-refractivity contribution in [2.24, 2.45) is 0 Å². The van der Waals surface area contributed by atoms with Gasteiger partial charge in [0.2, 0.25) is 5.91 Å². The van der Waals surface area contributed by atoms with Crippen molar-refractivity contribution in [3.05, 3.63) is 46.2 Å². The number of hydrogen-bond acceptors (Lipinski definition) is 5. The fourth-order valence-electron chi connectivity index (χ4n) is 3.23. The Morgan fingerprint density at radius 1 is 1.27 bits per heavy atom. The van der Waals surface area contributed by atoms with Gasteiger partial charge >= 0.3 is 0 Å². The number of hydrogen-bond donors (Lipinski definition) is 1. The number of likely N-dealkylation sites (tertiary alicyclic amines) is 1. The van der Waals surface area contributed by atoms with E-state index in [0.717, 1.165) is 18.4 Å². The highest BCUT2D eigenvalue weighted by atomic mass is 32.1. The van der Waals surface area contributed by atoms with Gasteiger partial charge in [-0.2, -0.15) is 0 Å². The van der Waals surface area contributed by atoms with Gasteiger partial charge in [-0.3, -0.25) is 9.59 Å². The average molecular weight is 374 g/mol. The van der Waals surface area contributed by atoms with Crippen LogP contribution in [0.5, 0.6) is 11.5 Å². The Bertz CT molecular complexity index is 776. The first kappa shape index (κ1) is 18.3. The van der Waals surface area contributed by atoms with E-state index in [2.05, 4.69) is 5.32 Å². The monoisotopic (exact) mass is 374 g/mol. The molecular formula is C19H22N2O4S.